The zero-order valence-corrected chi connectivity index (χ0v) is 15.5. The summed E-state index contributed by atoms with van der Waals surface area (Å²) in [5.41, 5.74) is 0.969. The first-order chi connectivity index (χ1) is 12.7. The number of halogens is 2. The van der Waals surface area contributed by atoms with Crippen molar-refractivity contribution in [2.45, 2.75) is 70.1 Å². The number of hydrogen-bond donors (Lipinski definition) is 0. The van der Waals surface area contributed by atoms with Gasteiger partial charge in [-0.05, 0) is 92.7 Å². The van der Waals surface area contributed by atoms with Crippen molar-refractivity contribution in [2.24, 2.45) is 17.8 Å². The fourth-order valence-electron chi connectivity index (χ4n) is 5.11. The van der Waals surface area contributed by atoms with Gasteiger partial charge in [0.2, 0.25) is 0 Å². The van der Waals surface area contributed by atoms with Gasteiger partial charge in [0.05, 0.1) is 6.07 Å². The van der Waals surface area contributed by atoms with Crippen LogP contribution in [0.4, 0.5) is 8.78 Å². The molecule has 1 nitrogen and oxygen atoms in total. The van der Waals surface area contributed by atoms with Crippen LogP contribution in [0.2, 0.25) is 0 Å². The van der Waals surface area contributed by atoms with Crippen LogP contribution in [0, 0.1) is 40.7 Å². The average Bonchev–Trinajstić information content (AvgIpc) is 2.68. The zero-order chi connectivity index (χ0) is 18.4. The molecule has 0 unspecified atom stereocenters. The number of nitriles is 1. The van der Waals surface area contributed by atoms with E-state index in [0.29, 0.717) is 5.92 Å². The van der Waals surface area contributed by atoms with Gasteiger partial charge in [0.1, 0.15) is 0 Å². The van der Waals surface area contributed by atoms with Gasteiger partial charge in [-0.2, -0.15) is 5.26 Å². The van der Waals surface area contributed by atoms with E-state index < -0.39 is 11.6 Å². The Morgan fingerprint density at radius 2 is 1.58 bits per heavy atom. The Balaban J connectivity index is 1.42. The number of allylic oxidation sites excluding steroid dienone is 2. The molecule has 0 atom stereocenters. The van der Waals surface area contributed by atoms with Gasteiger partial charge in [-0.25, -0.2) is 8.78 Å². The molecule has 0 spiro atoms. The highest BCUT2D eigenvalue weighted by Crippen LogP contribution is 2.44. The summed E-state index contributed by atoms with van der Waals surface area (Å²) in [7, 11) is 0. The zero-order valence-electron chi connectivity index (χ0n) is 15.5. The highest BCUT2D eigenvalue weighted by atomic mass is 19.2. The Labute approximate surface area is 156 Å². The van der Waals surface area contributed by atoms with Crippen LogP contribution in [0.1, 0.15) is 75.7 Å². The maximum atomic E-state index is 13.5. The minimum absolute atomic E-state index is 0.393. The molecule has 0 heterocycles. The Hall–Kier alpha value is -1.69. The molecule has 2 saturated carbocycles. The molecule has 0 radical (unpaired) electrons. The maximum Gasteiger partial charge on any atom is 0.159 e. The molecule has 0 saturated heterocycles. The van der Waals surface area contributed by atoms with Gasteiger partial charge in [-0.1, -0.05) is 25.0 Å². The van der Waals surface area contributed by atoms with Crippen LogP contribution >= 0.6 is 0 Å². The molecule has 3 rings (SSSR count). The van der Waals surface area contributed by atoms with Crippen molar-refractivity contribution in [3.63, 3.8) is 0 Å². The molecule has 2 aliphatic rings. The fraction of sp³-hybridized carbons (Fsp3) is 0.609. The van der Waals surface area contributed by atoms with Crippen LogP contribution in [-0.4, -0.2) is 0 Å². The Kier molecular flexibility index (Phi) is 6.83. The Morgan fingerprint density at radius 1 is 0.923 bits per heavy atom. The minimum atomic E-state index is -0.748. The fourth-order valence-corrected chi connectivity index (χ4v) is 5.11. The summed E-state index contributed by atoms with van der Waals surface area (Å²) in [5, 5.41) is 8.53. The molecule has 0 aromatic heterocycles. The second-order valence-electron chi connectivity index (χ2n) is 8.17. The van der Waals surface area contributed by atoms with E-state index in [1.54, 1.807) is 12.1 Å². The first-order valence-electron chi connectivity index (χ1n) is 10.2. The van der Waals surface area contributed by atoms with Crippen molar-refractivity contribution in [2.75, 3.05) is 0 Å². The molecular formula is C23H29F2N. The molecule has 2 aliphatic carbocycles. The third kappa shape index (κ3) is 4.93. The summed E-state index contributed by atoms with van der Waals surface area (Å²) in [6.45, 7) is 0. The molecule has 140 valence electrons. The smallest absolute Gasteiger partial charge is 0.159 e. The van der Waals surface area contributed by atoms with E-state index in [9.17, 15) is 8.78 Å². The molecular weight excluding hydrogens is 328 g/mol. The lowest BCUT2D eigenvalue weighted by Crippen LogP contribution is -2.25. The summed E-state index contributed by atoms with van der Waals surface area (Å²) in [5.74, 6) is 1.43. The highest BCUT2D eigenvalue weighted by Gasteiger charge is 2.31. The molecule has 26 heavy (non-hydrogen) atoms. The Morgan fingerprint density at radius 3 is 2.19 bits per heavy atom. The largest absolute Gasteiger partial charge is 0.204 e. The lowest BCUT2D eigenvalue weighted by Gasteiger charge is -2.38. The first kappa shape index (κ1) is 19.1. The molecule has 0 amide bonds. The number of benzene rings is 1. The van der Waals surface area contributed by atoms with Crippen molar-refractivity contribution in [1.29, 1.82) is 5.26 Å². The number of rotatable bonds is 5. The van der Waals surface area contributed by atoms with Gasteiger partial charge in [0.15, 0.2) is 11.6 Å². The van der Waals surface area contributed by atoms with Crippen molar-refractivity contribution in [3.05, 3.63) is 47.5 Å². The van der Waals surface area contributed by atoms with E-state index in [2.05, 4.69) is 6.07 Å². The van der Waals surface area contributed by atoms with Crippen molar-refractivity contribution < 1.29 is 8.78 Å². The van der Waals surface area contributed by atoms with Gasteiger partial charge in [-0.3, -0.25) is 0 Å². The summed E-state index contributed by atoms with van der Waals surface area (Å²) < 4.78 is 26.6. The average molecular weight is 357 g/mol. The topological polar surface area (TPSA) is 23.8 Å². The van der Waals surface area contributed by atoms with E-state index in [4.69, 9.17) is 5.26 Å². The highest BCUT2D eigenvalue weighted by molar-refractivity contribution is 5.22. The summed E-state index contributed by atoms with van der Waals surface area (Å²) in [4.78, 5) is 0. The van der Waals surface area contributed by atoms with Crippen molar-refractivity contribution in [3.8, 4) is 6.07 Å². The number of nitrogens with zero attached hydrogens (tertiary/aromatic N) is 1. The number of hydrogen-bond acceptors (Lipinski definition) is 1. The van der Waals surface area contributed by atoms with Crippen LogP contribution < -0.4 is 0 Å². The molecule has 0 N–H and O–H groups in total. The van der Waals surface area contributed by atoms with Crippen molar-refractivity contribution >= 4 is 0 Å². The first-order valence-corrected chi connectivity index (χ1v) is 10.2. The standard InChI is InChI=1S/C23H29F2N/c24-22-14-13-21(16-23(22)25)20-11-9-19(10-12-20)18-7-5-17(6-8-18)4-2-1-3-15-26/h1,3,13-14,16-20H,2,4-12H2. The monoisotopic (exact) mass is 357 g/mol. The van der Waals surface area contributed by atoms with E-state index >= 15 is 0 Å². The summed E-state index contributed by atoms with van der Waals surface area (Å²) in [6.07, 6.45) is 15.8. The predicted molar refractivity (Wildman–Crippen MR) is 100 cm³/mol. The normalized spacial score (nSPS) is 29.6. The predicted octanol–water partition coefficient (Wildman–Crippen LogP) is 6.90. The lowest BCUT2D eigenvalue weighted by molar-refractivity contribution is 0.157. The molecule has 1 aromatic rings. The molecule has 2 fully saturated rings. The van der Waals surface area contributed by atoms with Gasteiger partial charge in [0.25, 0.3) is 0 Å². The second-order valence-corrected chi connectivity index (χ2v) is 8.17. The Bertz CT molecular complexity index is 645. The molecule has 1 aromatic carbocycles. The quantitative estimate of drug-likeness (QED) is 0.525. The SMILES string of the molecule is N#CC=CCCC1CCC(C2CCC(c3ccc(F)c(F)c3)CC2)CC1. The van der Waals surface area contributed by atoms with E-state index in [-0.39, 0.29) is 0 Å². The van der Waals surface area contributed by atoms with E-state index in [0.717, 1.165) is 42.6 Å². The second kappa shape index (κ2) is 9.31. The van der Waals surface area contributed by atoms with Gasteiger partial charge >= 0.3 is 0 Å². The molecule has 0 aliphatic heterocycles. The summed E-state index contributed by atoms with van der Waals surface area (Å²) in [6, 6.07) is 6.48. The molecule has 0 bridgehead atoms. The van der Waals surface area contributed by atoms with E-state index in [1.165, 1.54) is 57.1 Å². The van der Waals surface area contributed by atoms with Crippen LogP contribution in [0.3, 0.4) is 0 Å². The van der Waals surface area contributed by atoms with Crippen LogP contribution in [0.15, 0.2) is 30.4 Å². The van der Waals surface area contributed by atoms with Gasteiger partial charge in [-0.15, -0.1) is 0 Å². The molecule has 3 heteroatoms. The third-order valence-electron chi connectivity index (χ3n) is 6.68. The van der Waals surface area contributed by atoms with E-state index in [1.807, 2.05) is 6.08 Å². The lowest BCUT2D eigenvalue weighted by atomic mass is 9.68. The minimum Gasteiger partial charge on any atom is -0.204 e. The third-order valence-corrected chi connectivity index (χ3v) is 6.68. The van der Waals surface area contributed by atoms with Gasteiger partial charge < -0.3 is 0 Å². The van der Waals surface area contributed by atoms with Crippen LogP contribution in [0.5, 0.6) is 0 Å². The maximum absolute atomic E-state index is 13.5. The van der Waals surface area contributed by atoms with Gasteiger partial charge in [0, 0.05) is 6.08 Å². The van der Waals surface area contributed by atoms with Crippen molar-refractivity contribution in [1.82, 2.24) is 0 Å². The summed E-state index contributed by atoms with van der Waals surface area (Å²) >= 11 is 0. The van der Waals surface area contributed by atoms with Crippen LogP contribution in [0.25, 0.3) is 0 Å². The van der Waals surface area contributed by atoms with Crippen LogP contribution in [-0.2, 0) is 0 Å².